The van der Waals surface area contributed by atoms with Gasteiger partial charge in [-0.2, -0.15) is 0 Å². The maximum atomic E-state index is 13.2. The molecule has 0 radical (unpaired) electrons. The van der Waals surface area contributed by atoms with Crippen molar-refractivity contribution in [1.29, 1.82) is 0 Å². The van der Waals surface area contributed by atoms with Gasteiger partial charge in [-0.05, 0) is 31.0 Å². The first-order valence-corrected chi connectivity index (χ1v) is 10.6. The molecular weight excluding hydrogens is 492 g/mol. The molecule has 2 N–H and O–H groups in total. The highest BCUT2D eigenvalue weighted by atomic mass is 127. The van der Waals surface area contributed by atoms with Crippen molar-refractivity contribution in [2.45, 2.75) is 32.6 Å². The fourth-order valence-electron chi connectivity index (χ4n) is 2.28. The molecule has 5 nitrogen and oxygen atoms in total. The fraction of sp³-hybridized carbons (Fsp3) is 0.588. The first-order valence-electron chi connectivity index (χ1n) is 8.20. The predicted molar refractivity (Wildman–Crippen MR) is 118 cm³/mol. The minimum Gasteiger partial charge on any atom is -0.357 e. The van der Waals surface area contributed by atoms with Crippen molar-refractivity contribution in [1.82, 2.24) is 10.6 Å². The van der Waals surface area contributed by atoms with Crippen LogP contribution in [0.15, 0.2) is 23.2 Å². The zero-order valence-corrected chi connectivity index (χ0v) is 19.5. The van der Waals surface area contributed by atoms with Crippen LogP contribution >= 0.6 is 35.6 Å². The number of sulfone groups is 1. The molecule has 9 heteroatoms. The van der Waals surface area contributed by atoms with Gasteiger partial charge in [-0.1, -0.05) is 31.5 Å². The average molecular weight is 520 g/mol. The molecule has 0 fully saturated rings. The number of hydrogen-bond acceptors (Lipinski definition) is 3. The Hall–Kier alpha value is -0.610. The highest BCUT2D eigenvalue weighted by molar-refractivity contribution is 14.0. The molecule has 0 unspecified atom stereocenters. The van der Waals surface area contributed by atoms with Crippen molar-refractivity contribution < 1.29 is 12.8 Å². The van der Waals surface area contributed by atoms with Crippen LogP contribution in [0.1, 0.15) is 32.8 Å². The summed E-state index contributed by atoms with van der Waals surface area (Å²) in [6, 6.07) is 4.37. The van der Waals surface area contributed by atoms with E-state index in [2.05, 4.69) is 15.6 Å². The Labute approximate surface area is 178 Å². The van der Waals surface area contributed by atoms with Crippen molar-refractivity contribution in [3.8, 4) is 0 Å². The molecule has 0 amide bonds. The zero-order chi connectivity index (χ0) is 19.1. The van der Waals surface area contributed by atoms with E-state index in [-0.39, 0.29) is 41.0 Å². The Balaban J connectivity index is 0.00000625. The zero-order valence-electron chi connectivity index (χ0n) is 15.6. The van der Waals surface area contributed by atoms with E-state index in [1.807, 2.05) is 20.8 Å². The normalized spacial score (nSPS) is 12.5. The molecule has 0 aliphatic rings. The largest absolute Gasteiger partial charge is 0.357 e. The molecule has 0 aliphatic heterocycles. The standard InChI is InChI=1S/C17H27ClFN3O2S.HI/c1-5-20-16(21-9-6-10-25(4,23)24)22-12-17(2,3)14-8-7-13(19)11-15(14)18;/h7-8,11H,5-6,9-10,12H2,1-4H3,(H2,20,21,22);1H. The van der Waals surface area contributed by atoms with Crippen LogP contribution in [0.3, 0.4) is 0 Å². The lowest BCUT2D eigenvalue weighted by atomic mass is 9.84. The SMILES string of the molecule is CCNC(=NCC(C)(C)c1ccc(F)cc1Cl)NCCCS(C)(=O)=O.I. The number of guanidine groups is 1. The molecule has 0 spiro atoms. The third-order valence-electron chi connectivity index (χ3n) is 3.62. The van der Waals surface area contributed by atoms with E-state index < -0.39 is 9.84 Å². The third-order valence-corrected chi connectivity index (χ3v) is 4.96. The highest BCUT2D eigenvalue weighted by Crippen LogP contribution is 2.30. The summed E-state index contributed by atoms with van der Waals surface area (Å²) >= 11 is 6.16. The minimum atomic E-state index is -2.96. The van der Waals surface area contributed by atoms with Crippen LogP contribution in [0.2, 0.25) is 5.02 Å². The molecule has 0 heterocycles. The monoisotopic (exact) mass is 519 g/mol. The number of halogens is 3. The summed E-state index contributed by atoms with van der Waals surface area (Å²) in [5.74, 6) is 0.382. The number of rotatable bonds is 8. The number of hydrogen-bond donors (Lipinski definition) is 2. The van der Waals surface area contributed by atoms with Crippen molar-refractivity contribution >= 4 is 51.4 Å². The maximum absolute atomic E-state index is 13.2. The number of nitrogens with zero attached hydrogens (tertiary/aromatic N) is 1. The molecule has 1 aromatic rings. The van der Waals surface area contributed by atoms with Gasteiger partial charge < -0.3 is 10.6 Å². The summed E-state index contributed by atoms with van der Waals surface area (Å²) in [6.07, 6.45) is 1.73. The lowest BCUT2D eigenvalue weighted by Crippen LogP contribution is -2.39. The van der Waals surface area contributed by atoms with E-state index in [9.17, 15) is 12.8 Å². The number of nitrogens with one attached hydrogen (secondary N) is 2. The van der Waals surface area contributed by atoms with Gasteiger partial charge >= 0.3 is 0 Å². The van der Waals surface area contributed by atoms with Crippen LogP contribution in [0, 0.1) is 5.82 Å². The van der Waals surface area contributed by atoms with Gasteiger partial charge in [0.1, 0.15) is 15.7 Å². The molecule has 0 bridgehead atoms. The molecule has 0 saturated carbocycles. The van der Waals surface area contributed by atoms with Crippen LogP contribution in [0.25, 0.3) is 0 Å². The first-order chi connectivity index (χ1) is 11.5. The lowest BCUT2D eigenvalue weighted by Gasteiger charge is -2.25. The minimum absolute atomic E-state index is 0. The van der Waals surface area contributed by atoms with Gasteiger partial charge in [0.15, 0.2) is 5.96 Å². The summed E-state index contributed by atoms with van der Waals surface area (Å²) in [7, 11) is -2.96. The number of benzene rings is 1. The van der Waals surface area contributed by atoms with E-state index in [0.717, 1.165) is 5.56 Å². The van der Waals surface area contributed by atoms with Crippen molar-refractivity contribution in [3.63, 3.8) is 0 Å². The molecular formula is C17H28ClFIN3O2S. The molecule has 0 atom stereocenters. The van der Waals surface area contributed by atoms with E-state index >= 15 is 0 Å². The summed E-state index contributed by atoms with van der Waals surface area (Å²) in [4.78, 5) is 4.55. The molecule has 0 saturated heterocycles. The van der Waals surface area contributed by atoms with Crippen LogP contribution in [0.5, 0.6) is 0 Å². The molecule has 0 aromatic heterocycles. The smallest absolute Gasteiger partial charge is 0.191 e. The molecule has 150 valence electrons. The van der Waals surface area contributed by atoms with Gasteiger partial charge in [-0.3, -0.25) is 4.99 Å². The Morgan fingerprint density at radius 2 is 1.96 bits per heavy atom. The average Bonchev–Trinajstić information content (AvgIpc) is 2.47. The van der Waals surface area contributed by atoms with Gasteiger partial charge in [0.25, 0.3) is 0 Å². The van der Waals surface area contributed by atoms with Gasteiger partial charge in [0.2, 0.25) is 0 Å². The van der Waals surface area contributed by atoms with Crippen molar-refractivity contribution in [2.75, 3.05) is 31.6 Å². The maximum Gasteiger partial charge on any atom is 0.191 e. The first kappa shape index (κ1) is 25.4. The van der Waals surface area contributed by atoms with Gasteiger partial charge in [0.05, 0.1) is 12.3 Å². The second kappa shape index (κ2) is 11.3. The fourth-order valence-corrected chi connectivity index (χ4v) is 3.37. The van der Waals surface area contributed by atoms with E-state index in [4.69, 9.17) is 11.6 Å². The van der Waals surface area contributed by atoms with Crippen molar-refractivity contribution in [3.05, 3.63) is 34.6 Å². The molecule has 1 rings (SSSR count). The quantitative estimate of drug-likeness (QED) is 0.239. The molecule has 1 aromatic carbocycles. The van der Waals surface area contributed by atoms with Crippen LogP contribution in [0.4, 0.5) is 4.39 Å². The van der Waals surface area contributed by atoms with Crippen LogP contribution in [-0.2, 0) is 15.3 Å². The summed E-state index contributed by atoms with van der Waals surface area (Å²) < 4.78 is 35.5. The van der Waals surface area contributed by atoms with Crippen LogP contribution < -0.4 is 10.6 Å². The Morgan fingerprint density at radius 1 is 1.31 bits per heavy atom. The third kappa shape index (κ3) is 9.36. The second-order valence-electron chi connectivity index (χ2n) is 6.61. The van der Waals surface area contributed by atoms with Gasteiger partial charge in [0, 0.05) is 29.8 Å². The summed E-state index contributed by atoms with van der Waals surface area (Å²) in [5.41, 5.74) is 0.451. The molecule has 0 aliphatic carbocycles. The van der Waals surface area contributed by atoms with E-state index in [0.29, 0.717) is 37.0 Å². The predicted octanol–water partition coefficient (Wildman–Crippen LogP) is 3.36. The van der Waals surface area contributed by atoms with Gasteiger partial charge in [-0.25, -0.2) is 12.8 Å². The van der Waals surface area contributed by atoms with E-state index in [1.54, 1.807) is 6.07 Å². The van der Waals surface area contributed by atoms with Crippen LogP contribution in [-0.4, -0.2) is 46.0 Å². The second-order valence-corrected chi connectivity index (χ2v) is 9.28. The Bertz CT molecular complexity index is 712. The Morgan fingerprint density at radius 3 is 2.50 bits per heavy atom. The van der Waals surface area contributed by atoms with E-state index in [1.165, 1.54) is 18.4 Å². The summed E-state index contributed by atoms with van der Waals surface area (Å²) in [5, 5.41) is 6.63. The summed E-state index contributed by atoms with van der Waals surface area (Å²) in [6.45, 7) is 7.58. The number of aliphatic imine (C=N–C) groups is 1. The Kier molecular flexibility index (Phi) is 11.0. The highest BCUT2D eigenvalue weighted by Gasteiger charge is 2.23. The van der Waals surface area contributed by atoms with Gasteiger partial charge in [-0.15, -0.1) is 24.0 Å². The van der Waals surface area contributed by atoms with Crippen molar-refractivity contribution in [2.24, 2.45) is 4.99 Å². The molecule has 26 heavy (non-hydrogen) atoms. The topological polar surface area (TPSA) is 70.6 Å². The lowest BCUT2D eigenvalue weighted by molar-refractivity contribution is 0.534.